The Morgan fingerprint density at radius 3 is 2.44 bits per heavy atom. The van der Waals surface area contributed by atoms with Gasteiger partial charge in [-0.25, -0.2) is 43.5 Å². The van der Waals surface area contributed by atoms with E-state index in [1.165, 1.54) is 42.9 Å². The molecular formula is C55H51ClF2N16O7. The molecule has 0 unspecified atom stereocenters. The van der Waals surface area contributed by atoms with Gasteiger partial charge in [0.1, 0.15) is 41.1 Å². The van der Waals surface area contributed by atoms with E-state index in [-0.39, 0.29) is 94.3 Å². The lowest BCUT2D eigenvalue weighted by molar-refractivity contribution is -0.139. The number of pyridine rings is 2. The van der Waals surface area contributed by atoms with E-state index in [2.05, 4.69) is 66.1 Å². The maximum absolute atomic E-state index is 15.5. The highest BCUT2D eigenvalue weighted by Crippen LogP contribution is 2.36. The van der Waals surface area contributed by atoms with Crippen molar-refractivity contribution in [2.24, 2.45) is 0 Å². The van der Waals surface area contributed by atoms with Crippen LogP contribution in [0, 0.1) is 29.9 Å². The van der Waals surface area contributed by atoms with Gasteiger partial charge in [0.25, 0.3) is 11.5 Å². The molecule has 3 aromatic carbocycles. The number of nitrogens with zero attached hydrogens (tertiary/aromatic N) is 11. The molecule has 0 aliphatic rings. The van der Waals surface area contributed by atoms with E-state index in [1.54, 1.807) is 67.1 Å². The first-order valence-corrected chi connectivity index (χ1v) is 25.7. The largest absolute Gasteiger partial charge is 0.491 e. The number of carboxylic acid groups (broad SMARTS) is 1. The van der Waals surface area contributed by atoms with Gasteiger partial charge >= 0.3 is 12.0 Å². The lowest BCUT2D eigenvalue weighted by atomic mass is 10.0. The summed E-state index contributed by atoms with van der Waals surface area (Å²) in [7, 11) is 0. The van der Waals surface area contributed by atoms with Gasteiger partial charge in [-0.3, -0.25) is 19.3 Å². The smallest absolute Gasteiger partial charge is 0.326 e. The van der Waals surface area contributed by atoms with Gasteiger partial charge < -0.3 is 41.0 Å². The van der Waals surface area contributed by atoms with Crippen molar-refractivity contribution in [3.05, 3.63) is 164 Å². The fourth-order valence-electron chi connectivity index (χ4n) is 8.36. The normalized spacial score (nSPS) is 12.0. The summed E-state index contributed by atoms with van der Waals surface area (Å²) >= 11 is 6.68. The predicted octanol–water partition coefficient (Wildman–Crippen LogP) is 7.45. The van der Waals surface area contributed by atoms with Crippen molar-refractivity contribution in [3.8, 4) is 29.1 Å². The van der Waals surface area contributed by atoms with Gasteiger partial charge in [-0.1, -0.05) is 28.9 Å². The molecule has 0 radical (unpaired) electrons. The second-order valence-corrected chi connectivity index (χ2v) is 18.8. The molecular weight excluding hydrogens is 1070 g/mol. The Kier molecular flexibility index (Phi) is 17.8. The molecule has 9 rings (SSSR count). The number of carbonyl (C=O) groups excluding carboxylic acids is 1. The molecule has 0 saturated heterocycles. The maximum Gasteiger partial charge on any atom is 0.326 e. The van der Waals surface area contributed by atoms with Crippen molar-refractivity contribution < 1.29 is 37.7 Å². The number of aromatic nitrogens is 11. The molecule has 1 amide bonds. The highest BCUT2D eigenvalue weighted by Gasteiger charge is 2.23. The zero-order chi connectivity index (χ0) is 57.0. The zero-order valence-corrected chi connectivity index (χ0v) is 44.2. The molecule has 2 atom stereocenters. The topological polar surface area (TPSA) is 322 Å². The third-order valence-electron chi connectivity index (χ3n) is 12.5. The number of carbonyl (C=O) groups is 2. The van der Waals surface area contributed by atoms with Crippen LogP contribution in [0.15, 0.2) is 102 Å². The molecule has 6 aromatic heterocycles. The van der Waals surface area contributed by atoms with Gasteiger partial charge in [0.2, 0.25) is 5.95 Å². The minimum absolute atomic E-state index is 0.0359. The average molecular weight is 1120 g/mol. The lowest BCUT2D eigenvalue weighted by Crippen LogP contribution is -2.42. The molecule has 0 saturated carbocycles. The summed E-state index contributed by atoms with van der Waals surface area (Å²) in [5.74, 6) is -2.41. The van der Waals surface area contributed by atoms with Gasteiger partial charge in [-0.15, -0.1) is 5.10 Å². The number of carboxylic acids is 1. The molecule has 26 heteroatoms. The molecule has 6 heterocycles. The monoisotopic (exact) mass is 1120 g/mol. The number of anilines is 3. The first-order chi connectivity index (χ1) is 39.2. The van der Waals surface area contributed by atoms with Crippen LogP contribution in [0.25, 0.3) is 33.5 Å². The molecule has 81 heavy (non-hydrogen) atoms. The van der Waals surface area contributed by atoms with Gasteiger partial charge in [-0.2, -0.15) is 10.2 Å². The van der Waals surface area contributed by atoms with Crippen LogP contribution in [-0.4, -0.2) is 97.7 Å². The zero-order valence-electron chi connectivity index (χ0n) is 43.5. The van der Waals surface area contributed by atoms with E-state index < -0.39 is 41.2 Å². The number of rotatable bonds is 25. The predicted molar refractivity (Wildman–Crippen MR) is 293 cm³/mol. The Morgan fingerprint density at radius 2 is 1.68 bits per heavy atom. The number of nitrogens with one attached hydrogen (secondary N) is 4. The number of nitriles is 1. The number of halogens is 3. The second-order valence-electron chi connectivity index (χ2n) is 18.5. The minimum Gasteiger partial charge on any atom is -0.491 e. The summed E-state index contributed by atoms with van der Waals surface area (Å²) in [6.45, 7) is 5.33. The first kappa shape index (κ1) is 55.9. The molecule has 0 fully saturated rings. The van der Waals surface area contributed by atoms with Crippen molar-refractivity contribution in [2.45, 2.75) is 71.3 Å². The number of fused-ring (bicyclic) bond motifs is 2. The third kappa shape index (κ3) is 14.3. The quantitative estimate of drug-likeness (QED) is 0.0302. The number of unbranched alkanes of at least 4 members (excludes halogenated alkanes) is 2. The Bertz CT molecular complexity index is 3830. The minimum atomic E-state index is -1.20. The number of amides is 1. The van der Waals surface area contributed by atoms with Crippen LogP contribution in [0.3, 0.4) is 0 Å². The fraction of sp³-hybridized carbons (Fsp3) is 0.255. The Hall–Kier alpha value is -9.80. The summed E-state index contributed by atoms with van der Waals surface area (Å²) in [5, 5.41) is 36.8. The first-order valence-electron chi connectivity index (χ1n) is 25.3. The number of nitrogen functional groups attached to an aromatic ring is 1. The van der Waals surface area contributed by atoms with E-state index in [0.717, 1.165) is 12.8 Å². The van der Waals surface area contributed by atoms with Crippen molar-refractivity contribution in [1.82, 2.24) is 60.2 Å². The number of hydrogen-bond donors (Lipinski definition) is 6. The number of hydrogen-bond acceptors (Lipinski definition) is 19. The Morgan fingerprint density at radius 1 is 0.889 bits per heavy atom. The SMILES string of the molecule is Cc1nc2cc(F)c(-c3cnc(OCCCCCn4cc(COCCOc5ccc(C[C@H](NC(=O)c6ccc(NCc7cnc8nc(N)[nH]c(=O)c8n7)cc6)C(=O)O)cc5)nn4)nc3)nc2c(N[C@H](C)c2cc(C#N)ccc2F)c1Cl. The van der Waals surface area contributed by atoms with E-state index in [1.807, 2.05) is 12.3 Å². The summed E-state index contributed by atoms with van der Waals surface area (Å²) in [5.41, 5.74) is 9.97. The van der Waals surface area contributed by atoms with Crippen LogP contribution in [0.4, 0.5) is 26.1 Å². The van der Waals surface area contributed by atoms with Crippen LogP contribution < -0.4 is 36.7 Å². The fourth-order valence-corrected chi connectivity index (χ4v) is 8.55. The molecule has 9 aromatic rings. The highest BCUT2D eigenvalue weighted by molar-refractivity contribution is 6.35. The van der Waals surface area contributed by atoms with Crippen LogP contribution >= 0.6 is 11.6 Å². The average Bonchev–Trinajstić information content (AvgIpc) is 4.11. The van der Waals surface area contributed by atoms with E-state index in [0.29, 0.717) is 64.9 Å². The van der Waals surface area contributed by atoms with Gasteiger partial charge in [0, 0.05) is 53.8 Å². The number of nitrogens with two attached hydrogens (primary N) is 1. The molecule has 0 bridgehead atoms. The molecule has 414 valence electrons. The number of aromatic amines is 1. The second kappa shape index (κ2) is 25.8. The Labute approximate surface area is 465 Å². The molecule has 7 N–H and O–H groups in total. The number of benzene rings is 3. The summed E-state index contributed by atoms with van der Waals surface area (Å²) in [6, 6.07) is 18.9. The third-order valence-corrected chi connectivity index (χ3v) is 13.0. The van der Waals surface area contributed by atoms with E-state index in [4.69, 9.17) is 31.5 Å². The van der Waals surface area contributed by atoms with Gasteiger partial charge in [0.05, 0.1) is 84.0 Å². The highest BCUT2D eigenvalue weighted by atomic mass is 35.5. The van der Waals surface area contributed by atoms with Crippen LogP contribution in [0.2, 0.25) is 5.02 Å². The van der Waals surface area contributed by atoms with E-state index in [9.17, 15) is 29.1 Å². The summed E-state index contributed by atoms with van der Waals surface area (Å²) < 4.78 is 49.4. The number of aliphatic carboxylic acids is 1. The van der Waals surface area contributed by atoms with Crippen molar-refractivity contribution in [3.63, 3.8) is 0 Å². The lowest BCUT2D eigenvalue weighted by Gasteiger charge is -2.20. The number of aryl methyl sites for hydroxylation is 2. The van der Waals surface area contributed by atoms with Crippen LogP contribution in [-0.2, 0) is 35.6 Å². The van der Waals surface area contributed by atoms with Crippen LogP contribution in [0.5, 0.6) is 11.8 Å². The summed E-state index contributed by atoms with van der Waals surface area (Å²) in [4.78, 5) is 69.7. The number of ether oxygens (including phenoxy) is 3. The van der Waals surface area contributed by atoms with Crippen molar-refractivity contribution >= 4 is 63.0 Å². The molecule has 0 aliphatic heterocycles. The van der Waals surface area contributed by atoms with Crippen molar-refractivity contribution in [2.75, 3.05) is 36.2 Å². The van der Waals surface area contributed by atoms with Gasteiger partial charge in [-0.05, 0) is 93.3 Å². The van der Waals surface area contributed by atoms with Gasteiger partial charge in [0.15, 0.2) is 17.0 Å². The van der Waals surface area contributed by atoms with Crippen LogP contribution in [0.1, 0.15) is 76.4 Å². The summed E-state index contributed by atoms with van der Waals surface area (Å²) in [6.07, 6.45) is 8.46. The molecule has 0 aliphatic carbocycles. The van der Waals surface area contributed by atoms with Crippen molar-refractivity contribution in [1.29, 1.82) is 5.26 Å². The molecule has 23 nitrogen and oxygen atoms in total. The number of H-pyrrole nitrogens is 1. The molecule has 0 spiro atoms. The van der Waals surface area contributed by atoms with E-state index >= 15 is 4.39 Å². The maximum atomic E-state index is 15.5. The Balaban J connectivity index is 0.653. The standard InChI is InChI=1S/C55H51ClF2N16O7/c1-30(40-20-33(23-59)8-15-41(40)57)66-48-45(56)31(2)65-43-22-42(58)46(69-47(43)48)35-24-63-55(64-25-35)81-17-5-3-4-16-74-28-38(72-73-74)29-79-18-19-80-39-13-6-32(7-14-39)21-44(53(77)78)68-51(75)34-9-11-36(12-10-34)61-26-37-27-62-50-49(67-37)52(76)71-54(60)70-50/h6-15,20,22,24-25,27-28,30,44,61H,3-5,16-19,21,26,29H2,1-2H3,(H,65,66)(H,68,75)(H,77,78)(H3,60,62,70,71,76)/t30-,44+/m1/s1.